The Hall–Kier alpha value is -3.22. The molecule has 0 spiro atoms. The quantitative estimate of drug-likeness (QED) is 0.429. The number of amidine groups is 1. The summed E-state index contributed by atoms with van der Waals surface area (Å²) in [4.78, 5) is 22.1. The normalized spacial score (nSPS) is 17.3. The number of hydrogen-bond acceptors (Lipinski definition) is 5. The predicted octanol–water partition coefficient (Wildman–Crippen LogP) is 5.71. The van der Waals surface area contributed by atoms with E-state index >= 15 is 0 Å². The lowest BCUT2D eigenvalue weighted by molar-refractivity contribution is -0.113. The van der Waals surface area contributed by atoms with Crippen LogP contribution in [0.2, 0.25) is 5.02 Å². The van der Waals surface area contributed by atoms with E-state index in [0.29, 0.717) is 11.5 Å². The molecule has 5 rings (SSSR count). The minimum Gasteiger partial charge on any atom is -0.488 e. The van der Waals surface area contributed by atoms with Crippen LogP contribution in [-0.4, -0.2) is 42.2 Å². The monoisotopic (exact) mass is 489 g/mol. The molecule has 0 bridgehead atoms. The number of rotatable bonds is 5. The van der Waals surface area contributed by atoms with Gasteiger partial charge in [-0.2, -0.15) is 4.99 Å². The van der Waals surface area contributed by atoms with Gasteiger partial charge >= 0.3 is 0 Å². The molecule has 172 valence electrons. The zero-order chi connectivity index (χ0) is 23.3. The van der Waals surface area contributed by atoms with Crippen LogP contribution in [0.15, 0.2) is 88.8 Å². The lowest BCUT2D eigenvalue weighted by Gasteiger charge is -2.36. The third-order valence-electron chi connectivity index (χ3n) is 5.79. The van der Waals surface area contributed by atoms with Gasteiger partial charge in [-0.3, -0.25) is 4.79 Å². The number of nitrogens with zero attached hydrogens (tertiary/aromatic N) is 3. The fourth-order valence-corrected chi connectivity index (χ4v) is 5.03. The Morgan fingerprint density at radius 1 is 0.882 bits per heavy atom. The van der Waals surface area contributed by atoms with E-state index in [0.717, 1.165) is 58.9 Å². The van der Waals surface area contributed by atoms with Gasteiger partial charge in [-0.25, -0.2) is 0 Å². The van der Waals surface area contributed by atoms with Crippen LogP contribution in [0.25, 0.3) is 6.08 Å². The van der Waals surface area contributed by atoms with Crippen molar-refractivity contribution in [1.82, 2.24) is 4.90 Å². The molecule has 1 amide bonds. The van der Waals surface area contributed by atoms with Crippen LogP contribution in [0.4, 0.5) is 5.69 Å². The molecule has 3 aromatic rings. The van der Waals surface area contributed by atoms with Gasteiger partial charge in [0, 0.05) is 42.5 Å². The van der Waals surface area contributed by atoms with Gasteiger partial charge in [-0.1, -0.05) is 60.1 Å². The topological polar surface area (TPSA) is 45.1 Å². The summed E-state index contributed by atoms with van der Waals surface area (Å²) in [6, 6.07) is 25.7. The largest absolute Gasteiger partial charge is 0.488 e. The van der Waals surface area contributed by atoms with Gasteiger partial charge in [-0.05, 0) is 53.7 Å². The Morgan fingerprint density at radius 3 is 2.32 bits per heavy atom. The first-order valence-corrected chi connectivity index (χ1v) is 12.4. The Balaban J connectivity index is 1.23. The number of aliphatic imine (C=N–C) groups is 1. The fourth-order valence-electron chi connectivity index (χ4n) is 3.95. The van der Waals surface area contributed by atoms with Crippen LogP contribution >= 0.6 is 23.4 Å². The van der Waals surface area contributed by atoms with Gasteiger partial charge in [0.2, 0.25) is 0 Å². The van der Waals surface area contributed by atoms with Crippen molar-refractivity contribution in [3.63, 3.8) is 0 Å². The summed E-state index contributed by atoms with van der Waals surface area (Å²) in [6.07, 6.45) is 1.88. The lowest BCUT2D eigenvalue weighted by atomic mass is 10.2. The zero-order valence-electron chi connectivity index (χ0n) is 18.6. The number of carbonyl (C=O) groups is 1. The molecule has 2 heterocycles. The molecule has 0 unspecified atom stereocenters. The summed E-state index contributed by atoms with van der Waals surface area (Å²) in [5.74, 6) is 0.551. The first-order chi connectivity index (χ1) is 16.7. The van der Waals surface area contributed by atoms with Crippen molar-refractivity contribution in [3.05, 3.63) is 99.9 Å². The number of piperazine rings is 1. The van der Waals surface area contributed by atoms with Crippen LogP contribution in [0.5, 0.6) is 5.75 Å². The van der Waals surface area contributed by atoms with Crippen molar-refractivity contribution < 1.29 is 9.53 Å². The molecule has 0 N–H and O–H groups in total. The standard InChI is InChI=1S/C27H24ClN3O2S/c28-22-10-12-23(13-11-22)30-14-16-31(17-15-30)27-29-26(32)25(34-27)18-21-8-4-5-9-24(21)33-19-20-6-2-1-3-7-20/h1-13,18H,14-17,19H2/b25-18+. The molecule has 2 aliphatic rings. The van der Waals surface area contributed by atoms with Crippen molar-refractivity contribution in [3.8, 4) is 5.75 Å². The Bertz CT molecular complexity index is 1220. The maximum absolute atomic E-state index is 12.7. The Labute approximate surface area is 208 Å². The molecule has 3 aromatic carbocycles. The molecule has 2 aliphatic heterocycles. The molecule has 5 nitrogen and oxygen atoms in total. The number of para-hydroxylation sites is 1. The van der Waals surface area contributed by atoms with E-state index in [-0.39, 0.29) is 5.91 Å². The molecule has 1 fully saturated rings. The number of carbonyl (C=O) groups excluding carboxylic acids is 1. The fraction of sp³-hybridized carbons (Fsp3) is 0.185. The van der Waals surface area contributed by atoms with E-state index in [1.54, 1.807) is 0 Å². The third kappa shape index (κ3) is 5.29. The highest BCUT2D eigenvalue weighted by atomic mass is 35.5. The number of amides is 1. The second-order valence-electron chi connectivity index (χ2n) is 8.07. The minimum atomic E-state index is -0.196. The highest BCUT2D eigenvalue weighted by Gasteiger charge is 2.28. The van der Waals surface area contributed by atoms with E-state index in [1.807, 2.05) is 84.9 Å². The van der Waals surface area contributed by atoms with Crippen molar-refractivity contribution in [1.29, 1.82) is 0 Å². The summed E-state index contributed by atoms with van der Waals surface area (Å²) in [7, 11) is 0. The van der Waals surface area contributed by atoms with Crippen LogP contribution in [0.1, 0.15) is 11.1 Å². The maximum atomic E-state index is 12.7. The van der Waals surface area contributed by atoms with Gasteiger partial charge in [0.05, 0.1) is 4.91 Å². The van der Waals surface area contributed by atoms with Crippen LogP contribution in [0.3, 0.4) is 0 Å². The van der Waals surface area contributed by atoms with E-state index in [1.165, 1.54) is 11.8 Å². The Morgan fingerprint density at radius 2 is 1.56 bits per heavy atom. The van der Waals surface area contributed by atoms with E-state index < -0.39 is 0 Å². The van der Waals surface area contributed by atoms with Gasteiger partial charge in [0.1, 0.15) is 12.4 Å². The number of thioether (sulfide) groups is 1. The summed E-state index contributed by atoms with van der Waals surface area (Å²) in [5, 5.41) is 1.51. The summed E-state index contributed by atoms with van der Waals surface area (Å²) in [5.41, 5.74) is 3.13. The van der Waals surface area contributed by atoms with Crippen LogP contribution in [0, 0.1) is 0 Å². The summed E-state index contributed by atoms with van der Waals surface area (Å²) < 4.78 is 6.05. The zero-order valence-corrected chi connectivity index (χ0v) is 20.1. The number of ether oxygens (including phenoxy) is 1. The van der Waals surface area contributed by atoms with Crippen LogP contribution in [-0.2, 0) is 11.4 Å². The summed E-state index contributed by atoms with van der Waals surface area (Å²) in [6.45, 7) is 3.83. The van der Waals surface area contributed by atoms with Crippen molar-refractivity contribution in [2.45, 2.75) is 6.61 Å². The SMILES string of the molecule is O=C1N=C(N2CCN(c3ccc(Cl)cc3)CC2)S/C1=C/c1ccccc1OCc1ccccc1. The number of benzene rings is 3. The van der Waals surface area contributed by atoms with E-state index in [9.17, 15) is 4.79 Å². The van der Waals surface area contributed by atoms with Gasteiger partial charge in [0.25, 0.3) is 5.91 Å². The molecule has 0 radical (unpaired) electrons. The summed E-state index contributed by atoms with van der Waals surface area (Å²) >= 11 is 7.45. The van der Waals surface area contributed by atoms with E-state index in [2.05, 4.69) is 14.8 Å². The molecule has 0 aliphatic carbocycles. The first kappa shape index (κ1) is 22.6. The smallest absolute Gasteiger partial charge is 0.286 e. The highest BCUT2D eigenvalue weighted by Crippen LogP contribution is 2.33. The molecule has 7 heteroatoms. The molecular formula is C27H24ClN3O2S. The second kappa shape index (κ2) is 10.4. The minimum absolute atomic E-state index is 0.196. The number of anilines is 1. The average molecular weight is 490 g/mol. The molecule has 34 heavy (non-hydrogen) atoms. The predicted molar refractivity (Wildman–Crippen MR) is 140 cm³/mol. The van der Waals surface area contributed by atoms with Crippen LogP contribution < -0.4 is 9.64 Å². The van der Waals surface area contributed by atoms with Gasteiger partial charge in [-0.15, -0.1) is 0 Å². The molecular weight excluding hydrogens is 466 g/mol. The molecule has 0 saturated carbocycles. The Kier molecular flexibility index (Phi) is 6.88. The van der Waals surface area contributed by atoms with Crippen molar-refractivity contribution in [2.75, 3.05) is 31.1 Å². The number of halogens is 1. The maximum Gasteiger partial charge on any atom is 0.286 e. The number of hydrogen-bond donors (Lipinski definition) is 0. The molecule has 0 aromatic heterocycles. The van der Waals surface area contributed by atoms with E-state index in [4.69, 9.17) is 16.3 Å². The van der Waals surface area contributed by atoms with Crippen molar-refractivity contribution >= 4 is 46.2 Å². The third-order valence-corrected chi connectivity index (χ3v) is 7.09. The molecule has 1 saturated heterocycles. The van der Waals surface area contributed by atoms with Crippen molar-refractivity contribution in [2.24, 2.45) is 4.99 Å². The average Bonchev–Trinajstić information content (AvgIpc) is 3.25. The van der Waals surface area contributed by atoms with Gasteiger partial charge < -0.3 is 14.5 Å². The molecule has 0 atom stereocenters. The first-order valence-electron chi connectivity index (χ1n) is 11.2. The second-order valence-corrected chi connectivity index (χ2v) is 9.52. The lowest BCUT2D eigenvalue weighted by Crippen LogP contribution is -2.47. The highest BCUT2D eigenvalue weighted by molar-refractivity contribution is 8.18. The van der Waals surface area contributed by atoms with Gasteiger partial charge in [0.15, 0.2) is 5.17 Å².